The Bertz CT molecular complexity index is 1350. The van der Waals surface area contributed by atoms with Gasteiger partial charge in [-0.3, -0.25) is 14.9 Å². The summed E-state index contributed by atoms with van der Waals surface area (Å²) in [6, 6.07) is 10.4. The number of hydrogen-bond acceptors (Lipinski definition) is 8. The van der Waals surface area contributed by atoms with Crippen LogP contribution >= 0.6 is 22.7 Å². The Morgan fingerprint density at radius 1 is 1.12 bits per heavy atom. The van der Waals surface area contributed by atoms with Gasteiger partial charge in [0.25, 0.3) is 11.6 Å². The van der Waals surface area contributed by atoms with Gasteiger partial charge in [-0.1, -0.05) is 17.4 Å². The molecular formula is C22H20N4O4S2. The first kappa shape index (κ1) is 20.7. The van der Waals surface area contributed by atoms with Gasteiger partial charge < -0.3 is 14.5 Å². The van der Waals surface area contributed by atoms with E-state index in [9.17, 15) is 14.9 Å². The molecule has 1 aliphatic heterocycles. The smallest absolute Gasteiger partial charge is 0.270 e. The molecule has 1 aliphatic rings. The molecule has 3 heterocycles. The third kappa shape index (κ3) is 3.55. The number of carbonyl (C=O) groups is 1. The van der Waals surface area contributed by atoms with Crippen LogP contribution in [0.25, 0.3) is 20.3 Å². The fraction of sp³-hybridized carbons (Fsp3) is 0.273. The van der Waals surface area contributed by atoms with E-state index in [1.54, 1.807) is 30.6 Å². The van der Waals surface area contributed by atoms with Gasteiger partial charge in [0.05, 0.1) is 21.6 Å². The average Bonchev–Trinajstić information content (AvgIpc) is 3.44. The number of aromatic nitrogens is 1. The molecule has 32 heavy (non-hydrogen) atoms. The van der Waals surface area contributed by atoms with Gasteiger partial charge in [-0.05, 0) is 30.7 Å². The molecule has 0 atom stereocenters. The number of thiazole rings is 1. The second kappa shape index (κ2) is 8.03. The molecule has 1 saturated heterocycles. The fourth-order valence-corrected chi connectivity index (χ4v) is 6.02. The third-order valence-electron chi connectivity index (χ3n) is 5.67. The number of amides is 1. The number of nitro groups is 1. The Balaban J connectivity index is 1.32. The van der Waals surface area contributed by atoms with Gasteiger partial charge in [0.15, 0.2) is 5.13 Å². The first-order valence-corrected chi connectivity index (χ1v) is 11.7. The summed E-state index contributed by atoms with van der Waals surface area (Å²) >= 11 is 3.02. The van der Waals surface area contributed by atoms with Crippen LogP contribution < -0.4 is 9.64 Å². The van der Waals surface area contributed by atoms with Crippen LogP contribution in [0, 0.1) is 17.0 Å². The maximum Gasteiger partial charge on any atom is 0.270 e. The number of piperazine rings is 1. The second-order valence-corrected chi connectivity index (χ2v) is 9.69. The first-order valence-electron chi connectivity index (χ1n) is 10.1. The minimum absolute atomic E-state index is 0.0321. The molecule has 1 fully saturated rings. The minimum atomic E-state index is -0.420. The maximum atomic E-state index is 13.1. The van der Waals surface area contributed by atoms with Crippen LogP contribution in [0.4, 0.5) is 10.8 Å². The Hall–Kier alpha value is -3.24. The number of carbonyl (C=O) groups excluding carboxylic acids is 1. The molecule has 0 saturated carbocycles. The van der Waals surface area contributed by atoms with Crippen molar-refractivity contribution in [3.63, 3.8) is 0 Å². The number of benzene rings is 2. The van der Waals surface area contributed by atoms with Crippen molar-refractivity contribution in [3.8, 4) is 5.75 Å². The molecule has 4 aromatic rings. The lowest BCUT2D eigenvalue weighted by atomic mass is 10.2. The molecule has 8 nitrogen and oxygen atoms in total. The van der Waals surface area contributed by atoms with Crippen molar-refractivity contribution in [1.29, 1.82) is 0 Å². The SMILES string of the molecule is COc1ccc(C)c2sc(N3CCN(C(=O)c4cc5cc([N+](=O)[O-])ccc5s4)CC3)nc12. The summed E-state index contributed by atoms with van der Waals surface area (Å²) in [7, 11) is 1.65. The molecule has 164 valence electrons. The molecule has 1 amide bonds. The minimum Gasteiger partial charge on any atom is -0.494 e. The van der Waals surface area contributed by atoms with Gasteiger partial charge in [-0.15, -0.1) is 11.3 Å². The van der Waals surface area contributed by atoms with Gasteiger partial charge in [-0.25, -0.2) is 4.98 Å². The van der Waals surface area contributed by atoms with E-state index in [4.69, 9.17) is 9.72 Å². The number of rotatable bonds is 4. The van der Waals surface area contributed by atoms with Crippen LogP contribution in [0.2, 0.25) is 0 Å². The molecule has 10 heteroatoms. The molecule has 0 N–H and O–H groups in total. The van der Waals surface area contributed by atoms with E-state index in [1.807, 2.05) is 17.0 Å². The number of anilines is 1. The Kier molecular flexibility index (Phi) is 5.18. The van der Waals surface area contributed by atoms with E-state index in [-0.39, 0.29) is 11.6 Å². The Morgan fingerprint density at radius 3 is 2.62 bits per heavy atom. The van der Waals surface area contributed by atoms with E-state index in [1.165, 1.54) is 29.0 Å². The summed E-state index contributed by atoms with van der Waals surface area (Å²) in [5.41, 5.74) is 2.08. The maximum absolute atomic E-state index is 13.1. The number of hydrogen-bond donors (Lipinski definition) is 0. The normalized spacial score (nSPS) is 14.3. The van der Waals surface area contributed by atoms with Crippen LogP contribution in [0.5, 0.6) is 5.75 Å². The number of thiophene rings is 1. The van der Waals surface area contributed by atoms with Crippen molar-refractivity contribution in [2.75, 3.05) is 38.2 Å². The Morgan fingerprint density at radius 2 is 1.91 bits per heavy atom. The van der Waals surface area contributed by atoms with Gasteiger partial charge in [-0.2, -0.15) is 0 Å². The van der Waals surface area contributed by atoms with E-state index in [2.05, 4.69) is 11.8 Å². The summed E-state index contributed by atoms with van der Waals surface area (Å²) in [5, 5.41) is 12.7. The number of aryl methyl sites for hydroxylation is 1. The molecule has 0 unspecified atom stereocenters. The topological polar surface area (TPSA) is 88.8 Å². The number of ether oxygens (including phenoxy) is 1. The van der Waals surface area contributed by atoms with Crippen molar-refractivity contribution in [2.24, 2.45) is 0 Å². The zero-order valence-corrected chi connectivity index (χ0v) is 19.2. The first-order chi connectivity index (χ1) is 15.4. The highest BCUT2D eigenvalue weighted by molar-refractivity contribution is 7.22. The van der Waals surface area contributed by atoms with Crippen LogP contribution in [0.15, 0.2) is 36.4 Å². The van der Waals surface area contributed by atoms with Gasteiger partial charge in [0, 0.05) is 48.4 Å². The molecule has 0 spiro atoms. The largest absolute Gasteiger partial charge is 0.494 e. The molecule has 0 bridgehead atoms. The van der Waals surface area contributed by atoms with Gasteiger partial charge >= 0.3 is 0 Å². The summed E-state index contributed by atoms with van der Waals surface area (Å²) in [6.07, 6.45) is 0. The van der Waals surface area contributed by atoms with Crippen LogP contribution in [-0.2, 0) is 0 Å². The molecule has 0 aliphatic carbocycles. The van der Waals surface area contributed by atoms with Crippen molar-refractivity contribution in [3.05, 3.63) is 57.0 Å². The lowest BCUT2D eigenvalue weighted by Gasteiger charge is -2.34. The van der Waals surface area contributed by atoms with Gasteiger partial charge in [0.2, 0.25) is 0 Å². The average molecular weight is 469 g/mol. The summed E-state index contributed by atoms with van der Waals surface area (Å²) < 4.78 is 7.46. The second-order valence-electron chi connectivity index (χ2n) is 7.63. The van der Waals surface area contributed by atoms with Gasteiger partial charge in [0.1, 0.15) is 11.3 Å². The molecule has 0 radical (unpaired) electrons. The van der Waals surface area contributed by atoms with Crippen LogP contribution in [-0.4, -0.2) is 54.0 Å². The Labute approximate surface area is 191 Å². The predicted molar refractivity (Wildman–Crippen MR) is 128 cm³/mol. The number of methoxy groups -OCH3 is 1. The molecular weight excluding hydrogens is 448 g/mol. The molecule has 2 aromatic carbocycles. The van der Waals surface area contributed by atoms with Crippen molar-refractivity contribution >= 4 is 59.7 Å². The highest BCUT2D eigenvalue weighted by Crippen LogP contribution is 2.37. The predicted octanol–water partition coefficient (Wildman–Crippen LogP) is 4.70. The van der Waals surface area contributed by atoms with Crippen molar-refractivity contribution in [2.45, 2.75) is 6.92 Å². The fourth-order valence-electron chi connectivity index (χ4n) is 3.90. The van der Waals surface area contributed by atoms with E-state index < -0.39 is 4.92 Å². The zero-order valence-electron chi connectivity index (χ0n) is 17.5. The van der Waals surface area contributed by atoms with Crippen LogP contribution in [0.1, 0.15) is 15.2 Å². The molecule has 5 rings (SSSR count). The highest BCUT2D eigenvalue weighted by atomic mass is 32.1. The highest BCUT2D eigenvalue weighted by Gasteiger charge is 2.26. The van der Waals surface area contributed by atoms with Crippen LogP contribution in [0.3, 0.4) is 0 Å². The number of nitro benzene ring substituents is 1. The monoisotopic (exact) mass is 468 g/mol. The van der Waals surface area contributed by atoms with E-state index in [0.717, 1.165) is 31.2 Å². The zero-order chi connectivity index (χ0) is 22.4. The standard InChI is InChI=1S/C22H20N4O4S2/c1-13-3-5-16(30-2)19-20(13)32-22(23-19)25-9-7-24(8-10-25)21(27)18-12-14-11-15(26(28)29)4-6-17(14)31-18/h3-6,11-12H,7-10H2,1-2H3. The summed E-state index contributed by atoms with van der Waals surface area (Å²) in [4.78, 5) is 33.1. The van der Waals surface area contributed by atoms with Crippen molar-refractivity contribution in [1.82, 2.24) is 9.88 Å². The quantitative estimate of drug-likeness (QED) is 0.319. The molecule has 2 aromatic heterocycles. The number of nitrogens with zero attached hydrogens (tertiary/aromatic N) is 4. The summed E-state index contributed by atoms with van der Waals surface area (Å²) in [6.45, 7) is 4.66. The number of non-ortho nitro benzene ring substituents is 1. The van der Waals surface area contributed by atoms with Crippen molar-refractivity contribution < 1.29 is 14.5 Å². The lowest BCUT2D eigenvalue weighted by Crippen LogP contribution is -2.48. The lowest BCUT2D eigenvalue weighted by molar-refractivity contribution is -0.384. The number of fused-ring (bicyclic) bond motifs is 2. The summed E-state index contributed by atoms with van der Waals surface area (Å²) in [5.74, 6) is 0.738. The third-order valence-corrected chi connectivity index (χ3v) is 8.03. The van der Waals surface area contributed by atoms with E-state index >= 15 is 0 Å². The van der Waals surface area contributed by atoms with E-state index in [0.29, 0.717) is 31.1 Å².